The second-order valence-corrected chi connectivity index (χ2v) is 14.6. The minimum atomic E-state index is -1.37. The van der Waals surface area contributed by atoms with E-state index < -0.39 is 35.0 Å². The quantitative estimate of drug-likeness (QED) is 0.158. The number of aliphatic hydroxyl groups is 1. The van der Waals surface area contributed by atoms with E-state index in [0.717, 1.165) is 27.3 Å². The fourth-order valence-electron chi connectivity index (χ4n) is 9.02. The predicted molar refractivity (Wildman–Crippen MR) is 196 cm³/mol. The Hall–Kier alpha value is -5.25. The number of anilines is 2. The standard InChI is InChI=1S/C42H38ClN3O6/c1-24-8-13-28(14-9-24)44-46-39(49)34-23-33-31(18-19-32-36(33)40(50)45(38(32)48)29-15-10-25(2)35(43)22-29)37(26-11-16-30(17-12-26)52-21-20-47)42(34,41(46)51)27-6-4-3-5-7-27/h3-18,22,32-34,36-37,44,47H,19-21,23H2,1-2H3. The minimum absolute atomic E-state index is 0.126. The van der Waals surface area contributed by atoms with E-state index in [4.69, 9.17) is 16.3 Å². The van der Waals surface area contributed by atoms with Crippen molar-refractivity contribution in [3.8, 4) is 5.75 Å². The van der Waals surface area contributed by atoms with Crippen molar-refractivity contribution >= 4 is 46.6 Å². The van der Waals surface area contributed by atoms with Crippen molar-refractivity contribution in [1.82, 2.24) is 5.01 Å². The number of nitrogens with zero attached hydrogens (tertiary/aromatic N) is 2. The van der Waals surface area contributed by atoms with Crippen LogP contribution >= 0.6 is 11.6 Å². The molecule has 10 heteroatoms. The lowest BCUT2D eigenvalue weighted by Crippen LogP contribution is -2.53. The number of benzene rings is 4. The van der Waals surface area contributed by atoms with E-state index in [9.17, 15) is 19.5 Å². The Labute approximate surface area is 306 Å². The molecule has 3 fully saturated rings. The maximum Gasteiger partial charge on any atom is 0.260 e. The number of rotatable bonds is 8. The number of hydrazine groups is 1. The summed E-state index contributed by atoms with van der Waals surface area (Å²) in [6, 6.07) is 29.5. The molecular weight excluding hydrogens is 678 g/mol. The molecule has 6 atom stereocenters. The Balaban J connectivity index is 1.29. The average molecular weight is 716 g/mol. The van der Waals surface area contributed by atoms with Crippen LogP contribution in [-0.2, 0) is 24.6 Å². The van der Waals surface area contributed by atoms with E-state index in [2.05, 4.69) is 5.43 Å². The first kappa shape index (κ1) is 33.9. The first-order chi connectivity index (χ1) is 25.1. The summed E-state index contributed by atoms with van der Waals surface area (Å²) >= 11 is 6.46. The van der Waals surface area contributed by atoms with Crippen molar-refractivity contribution in [3.63, 3.8) is 0 Å². The minimum Gasteiger partial charge on any atom is -0.491 e. The molecule has 2 saturated heterocycles. The number of hydrogen-bond acceptors (Lipinski definition) is 7. The third-order valence-corrected chi connectivity index (χ3v) is 11.8. The summed E-state index contributed by atoms with van der Waals surface area (Å²) in [5.74, 6) is -4.18. The van der Waals surface area contributed by atoms with Crippen LogP contribution in [0.4, 0.5) is 11.4 Å². The maximum atomic E-state index is 15.3. The van der Waals surface area contributed by atoms with Gasteiger partial charge < -0.3 is 9.84 Å². The average Bonchev–Trinajstić information content (AvgIpc) is 3.54. The zero-order valence-electron chi connectivity index (χ0n) is 28.8. The largest absolute Gasteiger partial charge is 0.491 e. The number of ether oxygens (including phenoxy) is 1. The molecule has 1 saturated carbocycles. The molecule has 2 N–H and O–H groups in total. The van der Waals surface area contributed by atoms with E-state index in [1.54, 1.807) is 30.3 Å². The Kier molecular flexibility index (Phi) is 8.51. The number of carbonyl (C=O) groups excluding carboxylic acids is 4. The van der Waals surface area contributed by atoms with Gasteiger partial charge in [0.15, 0.2) is 0 Å². The molecule has 0 radical (unpaired) electrons. The highest BCUT2D eigenvalue weighted by atomic mass is 35.5. The second kappa shape index (κ2) is 13.1. The van der Waals surface area contributed by atoms with Crippen molar-refractivity contribution in [2.75, 3.05) is 23.5 Å². The SMILES string of the molecule is Cc1ccc(NN2C(=O)C3CC4C(=CCC5C(=O)N(c6ccc(C)c(Cl)c6)C(=O)C54)C(c4ccc(OCCO)cc4)C3(c3ccccc3)C2=O)cc1. The van der Waals surface area contributed by atoms with Gasteiger partial charge in [0.2, 0.25) is 11.8 Å². The van der Waals surface area contributed by atoms with Crippen LogP contribution < -0.4 is 15.1 Å². The Morgan fingerprint density at radius 3 is 2.29 bits per heavy atom. The molecule has 9 nitrogen and oxygen atoms in total. The lowest BCUT2D eigenvalue weighted by atomic mass is 9.49. The first-order valence-electron chi connectivity index (χ1n) is 17.6. The van der Waals surface area contributed by atoms with Gasteiger partial charge >= 0.3 is 0 Å². The Bertz CT molecular complexity index is 2120. The summed E-state index contributed by atoms with van der Waals surface area (Å²) in [6.07, 6.45) is 2.56. The summed E-state index contributed by atoms with van der Waals surface area (Å²) in [4.78, 5) is 59.9. The first-order valence-corrected chi connectivity index (χ1v) is 18.0. The zero-order chi connectivity index (χ0) is 36.3. The molecule has 52 heavy (non-hydrogen) atoms. The van der Waals surface area contributed by atoms with Crippen LogP contribution in [0, 0.1) is 37.5 Å². The molecule has 2 aliphatic heterocycles. The summed E-state index contributed by atoms with van der Waals surface area (Å²) in [5, 5.41) is 11.0. The number of allylic oxidation sites excluding steroid dienone is 2. The van der Waals surface area contributed by atoms with Gasteiger partial charge in [0.1, 0.15) is 12.4 Å². The molecule has 264 valence electrons. The van der Waals surface area contributed by atoms with E-state index in [0.29, 0.717) is 34.1 Å². The van der Waals surface area contributed by atoms with Crippen LogP contribution in [0.5, 0.6) is 5.75 Å². The van der Waals surface area contributed by atoms with Crippen LogP contribution in [0.2, 0.25) is 5.02 Å². The monoisotopic (exact) mass is 715 g/mol. The molecule has 2 heterocycles. The van der Waals surface area contributed by atoms with Crippen LogP contribution in [0.1, 0.15) is 41.0 Å². The third kappa shape index (κ3) is 5.17. The van der Waals surface area contributed by atoms with Crippen molar-refractivity contribution < 1.29 is 29.0 Å². The Morgan fingerprint density at radius 1 is 0.865 bits per heavy atom. The molecule has 4 aromatic rings. The summed E-state index contributed by atoms with van der Waals surface area (Å²) in [7, 11) is 0. The van der Waals surface area contributed by atoms with E-state index in [-0.39, 0.29) is 43.3 Å². The molecule has 0 bridgehead atoms. The number of halogens is 1. The Morgan fingerprint density at radius 2 is 1.60 bits per heavy atom. The number of hydrogen-bond donors (Lipinski definition) is 2. The van der Waals surface area contributed by atoms with Gasteiger partial charge in [-0.3, -0.25) is 24.6 Å². The topological polar surface area (TPSA) is 116 Å². The fourth-order valence-corrected chi connectivity index (χ4v) is 9.19. The van der Waals surface area contributed by atoms with Crippen molar-refractivity contribution in [2.24, 2.45) is 23.7 Å². The number of nitrogens with one attached hydrogen (secondary N) is 1. The van der Waals surface area contributed by atoms with Gasteiger partial charge in [-0.05, 0) is 85.7 Å². The van der Waals surface area contributed by atoms with Crippen molar-refractivity contribution in [1.29, 1.82) is 0 Å². The van der Waals surface area contributed by atoms with Gasteiger partial charge in [-0.1, -0.05) is 89.5 Å². The molecular formula is C42H38ClN3O6. The lowest BCUT2D eigenvalue weighted by Gasteiger charge is -2.50. The van der Waals surface area contributed by atoms with Gasteiger partial charge in [-0.15, -0.1) is 0 Å². The highest BCUT2D eigenvalue weighted by Gasteiger charge is 2.70. The number of amides is 4. The molecule has 4 aliphatic rings. The van der Waals surface area contributed by atoms with Crippen molar-refractivity contribution in [3.05, 3.63) is 136 Å². The normalized spacial score (nSPS) is 26.5. The second-order valence-electron chi connectivity index (χ2n) is 14.2. The van der Waals surface area contributed by atoms with Gasteiger partial charge in [0, 0.05) is 10.9 Å². The summed E-state index contributed by atoms with van der Waals surface area (Å²) in [5.41, 5.74) is 6.99. The number of fused-ring (bicyclic) bond motifs is 4. The van der Waals surface area contributed by atoms with E-state index in [1.165, 1.54) is 4.90 Å². The number of aryl methyl sites for hydroxylation is 2. The smallest absolute Gasteiger partial charge is 0.260 e. The molecule has 0 aromatic heterocycles. The van der Waals surface area contributed by atoms with Crippen LogP contribution in [0.3, 0.4) is 0 Å². The zero-order valence-corrected chi connectivity index (χ0v) is 29.5. The molecule has 8 rings (SSSR count). The predicted octanol–water partition coefficient (Wildman–Crippen LogP) is 6.52. The van der Waals surface area contributed by atoms with Crippen molar-refractivity contribution in [2.45, 2.75) is 38.0 Å². The van der Waals surface area contributed by atoms with Crippen LogP contribution in [-0.4, -0.2) is 47.0 Å². The number of carbonyl (C=O) groups is 4. The van der Waals surface area contributed by atoms with Gasteiger partial charge in [0.05, 0.1) is 41.2 Å². The van der Waals surface area contributed by atoms with E-state index >= 15 is 4.79 Å². The summed E-state index contributed by atoms with van der Waals surface area (Å²) in [6.45, 7) is 3.81. The number of aliphatic hydroxyl groups excluding tert-OH is 1. The van der Waals surface area contributed by atoms with Crippen LogP contribution in [0.15, 0.2) is 109 Å². The lowest BCUT2D eigenvalue weighted by molar-refractivity contribution is -0.138. The molecule has 4 aromatic carbocycles. The van der Waals surface area contributed by atoms with Gasteiger partial charge in [-0.25, -0.2) is 4.90 Å². The molecule has 0 spiro atoms. The molecule has 2 aliphatic carbocycles. The van der Waals surface area contributed by atoms with E-state index in [1.807, 2.05) is 86.7 Å². The highest BCUT2D eigenvalue weighted by molar-refractivity contribution is 6.32. The molecule has 4 amide bonds. The van der Waals surface area contributed by atoms with Gasteiger partial charge in [-0.2, -0.15) is 5.01 Å². The number of imide groups is 2. The highest BCUT2D eigenvalue weighted by Crippen LogP contribution is 2.64. The maximum absolute atomic E-state index is 15.3. The third-order valence-electron chi connectivity index (χ3n) is 11.4. The van der Waals surface area contributed by atoms with Gasteiger partial charge in [0.25, 0.3) is 11.8 Å². The van der Waals surface area contributed by atoms with Crippen LogP contribution in [0.25, 0.3) is 0 Å². The molecule has 6 unspecified atom stereocenters. The summed E-state index contributed by atoms with van der Waals surface area (Å²) < 4.78 is 5.68. The fraction of sp³-hybridized carbons (Fsp3) is 0.286.